The smallest absolute Gasteiger partial charge is 0.154 e. The van der Waals surface area contributed by atoms with Gasteiger partial charge in [0.15, 0.2) is 9.84 Å². The number of hydrogen-bond donors (Lipinski definition) is 1. The Labute approximate surface area is 108 Å². The van der Waals surface area contributed by atoms with Gasteiger partial charge < -0.3 is 5.11 Å². The zero-order valence-corrected chi connectivity index (χ0v) is 11.5. The first-order valence-electron chi connectivity index (χ1n) is 6.02. The number of rotatable bonds is 3. The molecule has 0 unspecified atom stereocenters. The van der Waals surface area contributed by atoms with Gasteiger partial charge in [0.25, 0.3) is 0 Å². The fraction of sp³-hybridized carbons (Fsp3) is 0.538. The molecule has 4 nitrogen and oxygen atoms in total. The first-order valence-corrected chi connectivity index (χ1v) is 7.84. The van der Waals surface area contributed by atoms with E-state index in [4.69, 9.17) is 0 Å². The van der Waals surface area contributed by atoms with Crippen molar-refractivity contribution in [2.45, 2.75) is 25.6 Å². The fourth-order valence-corrected chi connectivity index (χ4v) is 4.21. The van der Waals surface area contributed by atoms with Crippen LogP contribution in [0, 0.1) is 6.92 Å². The van der Waals surface area contributed by atoms with Crippen molar-refractivity contribution in [2.75, 3.05) is 18.6 Å². The van der Waals surface area contributed by atoms with Crippen LogP contribution in [0.15, 0.2) is 24.3 Å². The van der Waals surface area contributed by atoms with Gasteiger partial charge in [0.1, 0.15) is 0 Å². The highest BCUT2D eigenvalue weighted by Gasteiger charge is 2.38. The van der Waals surface area contributed by atoms with Gasteiger partial charge in [-0.15, -0.1) is 0 Å². The van der Waals surface area contributed by atoms with Crippen molar-refractivity contribution in [3.63, 3.8) is 0 Å². The molecular weight excluding hydrogens is 250 g/mol. The summed E-state index contributed by atoms with van der Waals surface area (Å²) >= 11 is 0. The highest BCUT2D eigenvalue weighted by Crippen LogP contribution is 2.19. The number of aliphatic hydroxyl groups excluding tert-OH is 1. The van der Waals surface area contributed by atoms with Crippen molar-refractivity contribution in [2.24, 2.45) is 0 Å². The molecule has 18 heavy (non-hydrogen) atoms. The zero-order chi connectivity index (χ0) is 13.3. The van der Waals surface area contributed by atoms with Gasteiger partial charge in [-0.2, -0.15) is 0 Å². The van der Waals surface area contributed by atoms with Gasteiger partial charge in [-0.05, 0) is 19.5 Å². The summed E-state index contributed by atoms with van der Waals surface area (Å²) in [4.78, 5) is 1.92. The number of aliphatic hydroxyl groups is 1. The summed E-state index contributed by atoms with van der Waals surface area (Å²) in [6.45, 7) is 2.68. The van der Waals surface area contributed by atoms with Crippen LogP contribution in [-0.2, 0) is 16.4 Å². The number of likely N-dealkylation sites (N-methyl/N-ethyl adjacent to an activating group) is 1. The molecule has 5 heteroatoms. The molecule has 2 atom stereocenters. The Morgan fingerprint density at radius 1 is 1.28 bits per heavy atom. The Kier molecular flexibility index (Phi) is 3.75. The Morgan fingerprint density at radius 3 is 2.39 bits per heavy atom. The molecule has 0 aliphatic carbocycles. The van der Waals surface area contributed by atoms with E-state index in [-0.39, 0.29) is 17.5 Å². The lowest BCUT2D eigenvalue weighted by molar-refractivity contribution is 0.0958. The van der Waals surface area contributed by atoms with Gasteiger partial charge in [0.05, 0.1) is 23.7 Å². The van der Waals surface area contributed by atoms with Crippen LogP contribution in [0.25, 0.3) is 0 Å². The van der Waals surface area contributed by atoms with Gasteiger partial charge in [-0.3, -0.25) is 4.90 Å². The summed E-state index contributed by atoms with van der Waals surface area (Å²) in [5, 5.41) is 9.80. The number of hydrogen-bond acceptors (Lipinski definition) is 4. The van der Waals surface area contributed by atoms with Crippen LogP contribution in [0.3, 0.4) is 0 Å². The molecule has 2 rings (SSSR count). The van der Waals surface area contributed by atoms with E-state index in [1.807, 2.05) is 43.1 Å². The van der Waals surface area contributed by atoms with E-state index in [9.17, 15) is 13.5 Å². The topological polar surface area (TPSA) is 57.6 Å². The highest BCUT2D eigenvalue weighted by molar-refractivity contribution is 7.91. The minimum atomic E-state index is -3.08. The Morgan fingerprint density at radius 2 is 1.89 bits per heavy atom. The van der Waals surface area contributed by atoms with E-state index in [0.29, 0.717) is 6.54 Å². The van der Waals surface area contributed by atoms with Gasteiger partial charge in [-0.1, -0.05) is 29.8 Å². The molecule has 1 saturated heterocycles. The summed E-state index contributed by atoms with van der Waals surface area (Å²) < 4.78 is 22.9. The van der Waals surface area contributed by atoms with E-state index in [2.05, 4.69) is 0 Å². The first kappa shape index (κ1) is 13.5. The average molecular weight is 269 g/mol. The summed E-state index contributed by atoms with van der Waals surface area (Å²) in [7, 11) is -1.22. The summed E-state index contributed by atoms with van der Waals surface area (Å²) in [5.74, 6) is -0.0631. The van der Waals surface area contributed by atoms with Crippen LogP contribution in [-0.4, -0.2) is 49.1 Å². The second kappa shape index (κ2) is 4.99. The molecule has 0 bridgehead atoms. The van der Waals surface area contributed by atoms with Crippen LogP contribution < -0.4 is 0 Å². The van der Waals surface area contributed by atoms with Gasteiger partial charge >= 0.3 is 0 Å². The second-order valence-corrected chi connectivity index (χ2v) is 7.27. The molecule has 1 aliphatic rings. The summed E-state index contributed by atoms with van der Waals surface area (Å²) in [5.41, 5.74) is 2.32. The van der Waals surface area contributed by atoms with Gasteiger partial charge in [-0.25, -0.2) is 8.42 Å². The second-order valence-electron chi connectivity index (χ2n) is 5.11. The number of sulfone groups is 1. The van der Waals surface area contributed by atoms with E-state index in [1.54, 1.807) is 0 Å². The lowest BCUT2D eigenvalue weighted by Crippen LogP contribution is -2.40. The maximum absolute atomic E-state index is 11.5. The largest absolute Gasteiger partial charge is 0.390 e. The van der Waals surface area contributed by atoms with Gasteiger partial charge in [0.2, 0.25) is 0 Å². The molecule has 100 valence electrons. The molecule has 0 radical (unpaired) electrons. The van der Waals surface area contributed by atoms with Crippen LogP contribution in [0.4, 0.5) is 0 Å². The predicted molar refractivity (Wildman–Crippen MR) is 71.1 cm³/mol. The monoisotopic (exact) mass is 269 g/mol. The van der Waals surface area contributed by atoms with Crippen LogP contribution >= 0.6 is 0 Å². The molecule has 1 aromatic rings. The molecule has 0 aromatic heterocycles. The molecular formula is C13H19NO3S. The van der Waals surface area contributed by atoms with Crippen molar-refractivity contribution < 1.29 is 13.5 Å². The van der Waals surface area contributed by atoms with E-state index < -0.39 is 15.9 Å². The maximum atomic E-state index is 11.5. The van der Waals surface area contributed by atoms with E-state index in [0.717, 1.165) is 5.56 Å². The van der Waals surface area contributed by atoms with Crippen LogP contribution in [0.1, 0.15) is 11.1 Å². The predicted octanol–water partition coefficient (Wildman–Crippen LogP) is 0.585. The SMILES string of the molecule is Cc1ccc(CN(C)[C@@H]2CS(=O)(=O)C[C@H]2O)cc1. The van der Waals surface area contributed by atoms with Crippen molar-refractivity contribution in [1.82, 2.24) is 4.90 Å². The Balaban J connectivity index is 2.04. The molecule has 1 fully saturated rings. The minimum absolute atomic E-state index is 0.0521. The molecule has 0 spiro atoms. The lowest BCUT2D eigenvalue weighted by Gasteiger charge is -2.25. The van der Waals surface area contributed by atoms with Gasteiger partial charge in [0, 0.05) is 6.54 Å². The third-order valence-corrected chi connectivity index (χ3v) is 5.11. The maximum Gasteiger partial charge on any atom is 0.154 e. The fourth-order valence-electron chi connectivity index (χ4n) is 2.33. The average Bonchev–Trinajstić information content (AvgIpc) is 2.55. The lowest BCUT2D eigenvalue weighted by atomic mass is 10.1. The van der Waals surface area contributed by atoms with Crippen molar-refractivity contribution in [3.05, 3.63) is 35.4 Å². The quantitative estimate of drug-likeness (QED) is 0.872. The molecule has 1 N–H and O–H groups in total. The van der Waals surface area contributed by atoms with Crippen LogP contribution in [0.5, 0.6) is 0 Å². The third-order valence-electron chi connectivity index (χ3n) is 3.41. The molecule has 0 amide bonds. The first-order chi connectivity index (χ1) is 8.37. The van der Waals surface area contributed by atoms with Crippen LogP contribution in [0.2, 0.25) is 0 Å². The summed E-state index contributed by atoms with van der Waals surface area (Å²) in [6, 6.07) is 7.83. The number of benzene rings is 1. The van der Waals surface area contributed by atoms with Crippen molar-refractivity contribution in [1.29, 1.82) is 0 Å². The van der Waals surface area contributed by atoms with E-state index in [1.165, 1.54) is 5.56 Å². The molecule has 0 saturated carbocycles. The van der Waals surface area contributed by atoms with Crippen molar-refractivity contribution >= 4 is 9.84 Å². The minimum Gasteiger partial charge on any atom is -0.390 e. The highest BCUT2D eigenvalue weighted by atomic mass is 32.2. The standard InChI is InChI=1S/C13H19NO3S/c1-10-3-5-11(6-4-10)7-14(2)12-8-18(16,17)9-13(12)15/h3-6,12-13,15H,7-9H2,1-2H3/t12-,13-/m1/s1. The van der Waals surface area contributed by atoms with E-state index >= 15 is 0 Å². The Bertz CT molecular complexity index is 510. The molecule has 1 heterocycles. The molecule has 1 aliphatic heterocycles. The number of nitrogens with zero attached hydrogens (tertiary/aromatic N) is 1. The van der Waals surface area contributed by atoms with Crippen molar-refractivity contribution in [3.8, 4) is 0 Å². The third kappa shape index (κ3) is 3.10. The zero-order valence-electron chi connectivity index (χ0n) is 10.7. The Hall–Kier alpha value is -0.910. The normalized spacial score (nSPS) is 26.7. The molecule has 1 aromatic carbocycles. The summed E-state index contributed by atoms with van der Waals surface area (Å²) in [6.07, 6.45) is -0.773. The number of aryl methyl sites for hydroxylation is 1.